The summed E-state index contributed by atoms with van der Waals surface area (Å²) in [5, 5.41) is 0.559. The Kier molecular flexibility index (Phi) is 4.25. The molecule has 4 aromatic rings. The van der Waals surface area contributed by atoms with Crippen LogP contribution in [0.2, 0.25) is 0 Å². The van der Waals surface area contributed by atoms with Crippen molar-refractivity contribution in [3.05, 3.63) is 92.3 Å². The third-order valence-electron chi connectivity index (χ3n) is 5.94. The third-order valence-corrected chi connectivity index (χ3v) is 5.94. The quantitative estimate of drug-likeness (QED) is 0.519. The molecule has 30 heavy (non-hydrogen) atoms. The molecule has 1 aliphatic heterocycles. The highest BCUT2D eigenvalue weighted by atomic mass is 16.5. The van der Waals surface area contributed by atoms with E-state index >= 15 is 0 Å². The second-order valence-electron chi connectivity index (χ2n) is 7.85. The molecule has 0 saturated carbocycles. The summed E-state index contributed by atoms with van der Waals surface area (Å²) in [5.41, 5.74) is 4.84. The van der Waals surface area contributed by atoms with Crippen LogP contribution >= 0.6 is 0 Å². The van der Waals surface area contributed by atoms with Gasteiger partial charge in [0.05, 0.1) is 28.9 Å². The number of nitrogens with zero attached hydrogens (tertiary/aromatic N) is 3. The molecule has 0 fully saturated rings. The lowest BCUT2D eigenvalue weighted by Gasteiger charge is -2.28. The molecular formula is C24H23N3O3. The van der Waals surface area contributed by atoms with Crippen LogP contribution in [0, 0.1) is 6.92 Å². The van der Waals surface area contributed by atoms with Crippen LogP contribution in [0.1, 0.15) is 22.9 Å². The van der Waals surface area contributed by atoms with Crippen molar-refractivity contribution >= 4 is 10.9 Å². The number of rotatable bonds is 2. The average Bonchev–Trinajstić information content (AvgIpc) is 3.12. The largest absolute Gasteiger partial charge is 0.365 e. The molecule has 1 aliphatic rings. The van der Waals surface area contributed by atoms with Gasteiger partial charge >= 0.3 is 5.69 Å². The smallest absolute Gasteiger partial charge is 0.331 e. The standard InChI is InChI=1S/C24H23N3O3/c1-15-8-7-11-17(14-15)22-21-20-18(23(28)26(3)24(29)25(20)2)19(27(21)12-13-30-22)16-9-5-4-6-10-16/h4-11,14,22H,12-13H2,1-3H3. The lowest BCUT2D eigenvalue weighted by atomic mass is 10.0. The van der Waals surface area contributed by atoms with Crippen molar-refractivity contribution in [1.82, 2.24) is 13.7 Å². The lowest BCUT2D eigenvalue weighted by Crippen LogP contribution is -2.37. The Labute approximate surface area is 173 Å². The summed E-state index contributed by atoms with van der Waals surface area (Å²) in [6, 6.07) is 18.1. The molecule has 0 aliphatic carbocycles. The van der Waals surface area contributed by atoms with Gasteiger partial charge in [-0.3, -0.25) is 13.9 Å². The summed E-state index contributed by atoms with van der Waals surface area (Å²) >= 11 is 0. The highest BCUT2D eigenvalue weighted by molar-refractivity contribution is 5.96. The molecule has 6 nitrogen and oxygen atoms in total. The molecule has 0 N–H and O–H groups in total. The number of benzene rings is 2. The molecule has 0 spiro atoms. The van der Waals surface area contributed by atoms with Crippen LogP contribution in [0.5, 0.6) is 0 Å². The van der Waals surface area contributed by atoms with Crippen LogP contribution in [0.15, 0.2) is 64.2 Å². The number of aryl methyl sites for hydroxylation is 2. The van der Waals surface area contributed by atoms with Crippen LogP contribution in [-0.4, -0.2) is 20.3 Å². The van der Waals surface area contributed by atoms with Crippen LogP contribution < -0.4 is 11.2 Å². The van der Waals surface area contributed by atoms with Gasteiger partial charge in [-0.1, -0.05) is 60.2 Å². The fourth-order valence-electron chi connectivity index (χ4n) is 4.56. The predicted molar refractivity (Wildman–Crippen MR) is 117 cm³/mol. The van der Waals surface area contributed by atoms with Crippen molar-refractivity contribution in [2.75, 3.05) is 6.61 Å². The van der Waals surface area contributed by atoms with Crippen LogP contribution in [-0.2, 0) is 25.4 Å². The Morgan fingerprint density at radius 3 is 2.47 bits per heavy atom. The minimum Gasteiger partial charge on any atom is -0.365 e. The van der Waals surface area contributed by atoms with Crippen LogP contribution in [0.3, 0.4) is 0 Å². The highest BCUT2D eigenvalue weighted by Crippen LogP contribution is 2.40. The first-order valence-electron chi connectivity index (χ1n) is 10.0. The van der Waals surface area contributed by atoms with E-state index < -0.39 is 0 Å². The minimum atomic E-state index is -0.351. The van der Waals surface area contributed by atoms with Crippen molar-refractivity contribution in [3.8, 4) is 11.3 Å². The summed E-state index contributed by atoms with van der Waals surface area (Å²) in [4.78, 5) is 26.1. The Bertz CT molecular complexity index is 1390. The molecule has 6 heteroatoms. The summed E-state index contributed by atoms with van der Waals surface area (Å²) in [5.74, 6) is 0. The molecule has 3 heterocycles. The van der Waals surface area contributed by atoms with Crippen LogP contribution in [0.25, 0.3) is 22.2 Å². The molecule has 2 aromatic carbocycles. The van der Waals surface area contributed by atoms with E-state index in [1.807, 2.05) is 55.5 Å². The Morgan fingerprint density at radius 1 is 0.967 bits per heavy atom. The number of hydrogen-bond acceptors (Lipinski definition) is 3. The molecule has 0 bridgehead atoms. The topological polar surface area (TPSA) is 58.2 Å². The summed E-state index contributed by atoms with van der Waals surface area (Å²) < 4.78 is 11.1. The summed E-state index contributed by atoms with van der Waals surface area (Å²) in [6.45, 7) is 3.19. The molecule has 0 amide bonds. The molecule has 5 rings (SSSR count). The lowest BCUT2D eigenvalue weighted by molar-refractivity contribution is 0.0478. The van der Waals surface area contributed by atoms with Gasteiger partial charge in [0, 0.05) is 20.6 Å². The van der Waals surface area contributed by atoms with Crippen LogP contribution in [0.4, 0.5) is 0 Å². The summed E-state index contributed by atoms with van der Waals surface area (Å²) in [7, 11) is 3.26. The van der Waals surface area contributed by atoms with Gasteiger partial charge < -0.3 is 9.30 Å². The Hall–Kier alpha value is -3.38. The van der Waals surface area contributed by atoms with Gasteiger partial charge in [-0.25, -0.2) is 4.79 Å². The van der Waals surface area contributed by atoms with E-state index in [1.165, 1.54) is 11.6 Å². The highest BCUT2D eigenvalue weighted by Gasteiger charge is 2.32. The van der Waals surface area contributed by atoms with E-state index in [9.17, 15) is 9.59 Å². The van der Waals surface area contributed by atoms with Crippen molar-refractivity contribution < 1.29 is 4.74 Å². The molecular weight excluding hydrogens is 378 g/mol. The molecule has 0 radical (unpaired) electrons. The molecule has 0 saturated heterocycles. The predicted octanol–water partition coefficient (Wildman–Crippen LogP) is 3.13. The molecule has 152 valence electrons. The van der Waals surface area contributed by atoms with E-state index in [1.54, 1.807) is 11.6 Å². The first-order valence-corrected chi connectivity index (χ1v) is 10.0. The second kappa shape index (κ2) is 6.85. The maximum Gasteiger partial charge on any atom is 0.331 e. The molecule has 2 aromatic heterocycles. The van der Waals surface area contributed by atoms with Gasteiger partial charge in [-0.05, 0) is 18.1 Å². The number of fused-ring (bicyclic) bond motifs is 3. The van der Waals surface area contributed by atoms with Gasteiger partial charge in [-0.15, -0.1) is 0 Å². The van der Waals surface area contributed by atoms with E-state index in [4.69, 9.17) is 4.74 Å². The van der Waals surface area contributed by atoms with Gasteiger partial charge in [0.2, 0.25) is 0 Å². The van der Waals surface area contributed by atoms with Crippen molar-refractivity contribution in [2.45, 2.75) is 19.6 Å². The SMILES string of the molecule is Cc1cccc(C2OCCn3c(-c4ccccc4)c4c(=O)n(C)c(=O)n(C)c4c32)c1. The number of hydrogen-bond donors (Lipinski definition) is 0. The van der Waals surface area contributed by atoms with Gasteiger partial charge in [0.15, 0.2) is 0 Å². The molecule has 1 unspecified atom stereocenters. The normalized spacial score (nSPS) is 16.0. The maximum atomic E-state index is 13.3. The number of ether oxygens (including phenoxy) is 1. The zero-order valence-electron chi connectivity index (χ0n) is 17.3. The maximum absolute atomic E-state index is 13.3. The van der Waals surface area contributed by atoms with Crippen molar-refractivity contribution in [1.29, 1.82) is 0 Å². The third kappa shape index (κ3) is 2.60. The zero-order valence-corrected chi connectivity index (χ0v) is 17.3. The van der Waals surface area contributed by atoms with E-state index in [0.717, 1.165) is 28.1 Å². The fourth-order valence-corrected chi connectivity index (χ4v) is 4.56. The summed E-state index contributed by atoms with van der Waals surface area (Å²) in [6.07, 6.45) is -0.351. The number of aromatic nitrogens is 3. The molecule has 1 atom stereocenters. The monoisotopic (exact) mass is 401 g/mol. The van der Waals surface area contributed by atoms with Gasteiger partial charge in [-0.2, -0.15) is 0 Å². The Balaban J connectivity index is 1.96. The zero-order chi connectivity index (χ0) is 21.0. The van der Waals surface area contributed by atoms with Gasteiger partial charge in [0.1, 0.15) is 6.10 Å². The van der Waals surface area contributed by atoms with E-state index in [-0.39, 0.29) is 17.4 Å². The fraction of sp³-hybridized carbons (Fsp3) is 0.250. The first kappa shape index (κ1) is 18.6. The van der Waals surface area contributed by atoms with E-state index in [0.29, 0.717) is 24.1 Å². The first-order chi connectivity index (χ1) is 14.5. The Morgan fingerprint density at radius 2 is 1.73 bits per heavy atom. The minimum absolute atomic E-state index is 0.281. The van der Waals surface area contributed by atoms with Crippen molar-refractivity contribution in [3.63, 3.8) is 0 Å². The average molecular weight is 401 g/mol. The van der Waals surface area contributed by atoms with Gasteiger partial charge in [0.25, 0.3) is 5.56 Å². The van der Waals surface area contributed by atoms with Crippen molar-refractivity contribution in [2.24, 2.45) is 14.1 Å². The second-order valence-corrected chi connectivity index (χ2v) is 7.85. The van der Waals surface area contributed by atoms with E-state index in [2.05, 4.69) is 10.6 Å².